The minimum absolute atomic E-state index is 0.0555. The van der Waals surface area contributed by atoms with Crippen molar-refractivity contribution >= 4 is 54.9 Å². The summed E-state index contributed by atoms with van der Waals surface area (Å²) in [6.45, 7) is 4.73. The lowest BCUT2D eigenvalue weighted by atomic mass is 9.62. The van der Waals surface area contributed by atoms with Gasteiger partial charge in [0.2, 0.25) is 0 Å². The van der Waals surface area contributed by atoms with Crippen LogP contribution in [0.3, 0.4) is 0 Å². The van der Waals surface area contributed by atoms with E-state index >= 15 is 0 Å². The van der Waals surface area contributed by atoms with Crippen LogP contribution in [0.4, 0.5) is 0 Å². The molecule has 0 spiro atoms. The molecule has 0 nitrogen and oxygen atoms in total. The van der Waals surface area contributed by atoms with Crippen molar-refractivity contribution in [3.8, 4) is 22.3 Å². The van der Waals surface area contributed by atoms with Crippen molar-refractivity contribution in [2.75, 3.05) is 0 Å². The zero-order valence-electron chi connectivity index (χ0n) is 31.9. The van der Waals surface area contributed by atoms with E-state index in [1.54, 1.807) is 0 Å². The number of fused-ring (bicyclic) bond motifs is 15. The SMILES string of the molecule is CC1(C)c2ccccc2-c2ccc(-c3ccc(C4(c5ccccc5)c5c(c6ccccc6c6ccccc56)Sc5c4c4ccccc4c4ccccc54)cc3)cc21. The average Bonchev–Trinajstić information content (AvgIpc) is 3.51. The minimum atomic E-state index is -0.634. The molecular weight excluding hydrogens is 705 g/mol. The third kappa shape index (κ3) is 4.41. The van der Waals surface area contributed by atoms with Crippen LogP contribution in [0.2, 0.25) is 0 Å². The first-order valence-electron chi connectivity index (χ1n) is 20.0. The molecule has 10 aromatic carbocycles. The maximum atomic E-state index is 2.44. The summed E-state index contributed by atoms with van der Waals surface area (Å²) in [5.41, 5.74) is 12.6. The highest BCUT2D eigenvalue weighted by Crippen LogP contribution is 2.62. The van der Waals surface area contributed by atoms with E-state index in [0.29, 0.717) is 0 Å². The van der Waals surface area contributed by atoms with E-state index < -0.39 is 5.41 Å². The van der Waals surface area contributed by atoms with Crippen molar-refractivity contribution < 1.29 is 0 Å². The van der Waals surface area contributed by atoms with Gasteiger partial charge in [-0.2, -0.15) is 0 Å². The Morgan fingerprint density at radius 3 is 1.33 bits per heavy atom. The standard InChI is InChI=1S/C56H38S/c1-55(2)49-27-15-14-22-43(49)44-33-30-36(34-50(44)55)35-28-31-38(32-29-35)56(37-16-4-3-5-17-37)51-45-23-10-6-18-39(45)41-20-8-12-25-47(41)53(51)57-54-48-26-13-9-21-42(48)40-19-7-11-24-46(40)52(54)56/h3-34H,1-2H3. The van der Waals surface area contributed by atoms with Gasteiger partial charge < -0.3 is 0 Å². The molecule has 0 N–H and O–H groups in total. The van der Waals surface area contributed by atoms with Gasteiger partial charge in [0.1, 0.15) is 0 Å². The molecule has 2 aliphatic rings. The smallest absolute Gasteiger partial charge is 0.0736 e. The van der Waals surface area contributed by atoms with Crippen molar-refractivity contribution in [2.45, 2.75) is 34.5 Å². The topological polar surface area (TPSA) is 0 Å². The van der Waals surface area contributed by atoms with Crippen LogP contribution in [0.15, 0.2) is 204 Å². The normalized spacial score (nSPS) is 14.7. The molecule has 0 radical (unpaired) electrons. The Morgan fingerprint density at radius 1 is 0.333 bits per heavy atom. The molecule has 0 saturated carbocycles. The lowest BCUT2D eigenvalue weighted by molar-refractivity contribution is 0.660. The molecule has 0 fully saturated rings. The highest BCUT2D eigenvalue weighted by atomic mass is 32.2. The van der Waals surface area contributed by atoms with E-state index in [2.05, 4.69) is 208 Å². The molecular formula is C56H38S. The maximum Gasteiger partial charge on any atom is 0.0736 e. The second-order valence-electron chi connectivity index (χ2n) is 16.3. The Morgan fingerprint density at radius 2 is 0.754 bits per heavy atom. The zero-order chi connectivity index (χ0) is 37.9. The fourth-order valence-corrected chi connectivity index (χ4v) is 12.1. The first-order valence-corrected chi connectivity index (χ1v) is 20.8. The summed E-state index contributed by atoms with van der Waals surface area (Å²) in [5, 5.41) is 10.4. The van der Waals surface area contributed by atoms with Crippen LogP contribution in [0.5, 0.6) is 0 Å². The van der Waals surface area contributed by atoms with Gasteiger partial charge in [0.15, 0.2) is 0 Å². The summed E-state index contributed by atoms with van der Waals surface area (Å²) in [6.07, 6.45) is 0. The summed E-state index contributed by atoms with van der Waals surface area (Å²) < 4.78 is 0. The van der Waals surface area contributed by atoms with Crippen molar-refractivity contribution in [3.05, 3.63) is 228 Å². The molecule has 57 heavy (non-hydrogen) atoms. The third-order valence-corrected chi connectivity index (χ3v) is 14.4. The van der Waals surface area contributed by atoms with Gasteiger partial charge in [-0.05, 0) is 105 Å². The largest absolute Gasteiger partial charge is 0.0880 e. The predicted octanol–water partition coefficient (Wildman–Crippen LogP) is 15.1. The fourth-order valence-electron chi connectivity index (χ4n) is 10.6. The van der Waals surface area contributed by atoms with E-state index in [0.717, 1.165) is 0 Å². The molecule has 1 heteroatoms. The summed E-state index contributed by atoms with van der Waals surface area (Å²) >= 11 is 1.97. The molecule has 0 bridgehead atoms. The zero-order valence-corrected chi connectivity index (χ0v) is 32.7. The van der Waals surface area contributed by atoms with Gasteiger partial charge in [-0.25, -0.2) is 0 Å². The number of benzene rings is 10. The lowest BCUT2D eigenvalue weighted by Crippen LogP contribution is -2.35. The summed E-state index contributed by atoms with van der Waals surface area (Å²) in [4.78, 5) is 2.68. The highest BCUT2D eigenvalue weighted by Gasteiger charge is 2.48. The second-order valence-corrected chi connectivity index (χ2v) is 17.3. The number of hydrogen-bond donors (Lipinski definition) is 0. The van der Waals surface area contributed by atoms with Gasteiger partial charge in [-0.15, -0.1) is 0 Å². The Bertz CT molecular complexity index is 3150. The van der Waals surface area contributed by atoms with Crippen molar-refractivity contribution in [3.63, 3.8) is 0 Å². The molecule has 10 aromatic rings. The molecule has 0 unspecified atom stereocenters. The van der Waals surface area contributed by atoms with E-state index in [1.807, 2.05) is 11.8 Å². The Balaban J connectivity index is 1.20. The van der Waals surface area contributed by atoms with Crippen LogP contribution in [0, 0.1) is 0 Å². The van der Waals surface area contributed by atoms with Crippen LogP contribution < -0.4 is 0 Å². The third-order valence-electron chi connectivity index (χ3n) is 13.2. The monoisotopic (exact) mass is 742 g/mol. The molecule has 12 rings (SSSR count). The molecule has 1 aliphatic heterocycles. The van der Waals surface area contributed by atoms with Crippen LogP contribution >= 0.6 is 11.8 Å². The summed E-state index contributed by atoms with van der Waals surface area (Å²) in [5.74, 6) is 0. The van der Waals surface area contributed by atoms with Gasteiger partial charge in [0.25, 0.3) is 0 Å². The van der Waals surface area contributed by atoms with Gasteiger partial charge in [-0.1, -0.05) is 214 Å². The highest BCUT2D eigenvalue weighted by molar-refractivity contribution is 8.00. The van der Waals surface area contributed by atoms with Gasteiger partial charge in [0, 0.05) is 15.2 Å². The van der Waals surface area contributed by atoms with Gasteiger partial charge >= 0.3 is 0 Å². The Labute approximate surface area is 337 Å². The lowest BCUT2D eigenvalue weighted by Gasteiger charge is -2.44. The Kier molecular flexibility index (Phi) is 6.93. The molecule has 268 valence electrons. The second kappa shape index (κ2) is 12.0. The van der Waals surface area contributed by atoms with Crippen molar-refractivity contribution in [2.24, 2.45) is 0 Å². The van der Waals surface area contributed by atoms with E-state index in [4.69, 9.17) is 0 Å². The summed E-state index contributed by atoms with van der Waals surface area (Å²) in [6, 6.07) is 73.3. The molecule has 0 saturated heterocycles. The van der Waals surface area contributed by atoms with Crippen LogP contribution in [0.1, 0.15) is 47.2 Å². The molecule has 0 aromatic heterocycles. The Hall–Kier alpha value is -6.41. The number of rotatable bonds is 3. The predicted molar refractivity (Wildman–Crippen MR) is 242 cm³/mol. The van der Waals surface area contributed by atoms with Crippen molar-refractivity contribution in [1.82, 2.24) is 0 Å². The molecule has 1 aliphatic carbocycles. The molecule has 1 heterocycles. The first kappa shape index (κ1) is 32.8. The molecule has 0 amide bonds. The van der Waals surface area contributed by atoms with Crippen LogP contribution in [-0.4, -0.2) is 0 Å². The van der Waals surface area contributed by atoms with Crippen LogP contribution in [0.25, 0.3) is 65.3 Å². The minimum Gasteiger partial charge on any atom is -0.0880 e. The van der Waals surface area contributed by atoms with Crippen LogP contribution in [-0.2, 0) is 10.8 Å². The molecule has 0 atom stereocenters. The van der Waals surface area contributed by atoms with E-state index in [-0.39, 0.29) is 5.41 Å². The quantitative estimate of drug-likeness (QED) is 0.162. The fraction of sp³-hybridized carbons (Fsp3) is 0.0714. The number of hydrogen-bond acceptors (Lipinski definition) is 1. The first-order chi connectivity index (χ1) is 28.0. The average molecular weight is 743 g/mol. The van der Waals surface area contributed by atoms with Crippen molar-refractivity contribution in [1.29, 1.82) is 0 Å². The van der Waals surface area contributed by atoms with E-state index in [1.165, 1.54) is 109 Å². The van der Waals surface area contributed by atoms with E-state index in [9.17, 15) is 0 Å². The summed E-state index contributed by atoms with van der Waals surface area (Å²) in [7, 11) is 0. The van der Waals surface area contributed by atoms with Gasteiger partial charge in [-0.3, -0.25) is 0 Å². The van der Waals surface area contributed by atoms with Gasteiger partial charge in [0.05, 0.1) is 5.41 Å². The maximum absolute atomic E-state index is 2.44.